The first-order valence-electron chi connectivity index (χ1n) is 7.42. The highest BCUT2D eigenvalue weighted by molar-refractivity contribution is 6.05. The fraction of sp³-hybridized carbons (Fsp3) is 0.250. The number of nitrogens with one attached hydrogen (secondary N) is 1. The van der Waals surface area contributed by atoms with Crippen molar-refractivity contribution in [3.05, 3.63) is 48.0 Å². The summed E-state index contributed by atoms with van der Waals surface area (Å²) in [7, 11) is 0. The van der Waals surface area contributed by atoms with Crippen LogP contribution in [0.1, 0.15) is 28.4 Å². The molecule has 0 aliphatic carbocycles. The van der Waals surface area contributed by atoms with Crippen LogP contribution in [0, 0.1) is 11.3 Å². The van der Waals surface area contributed by atoms with Crippen molar-refractivity contribution >= 4 is 16.9 Å². The van der Waals surface area contributed by atoms with E-state index in [0.717, 1.165) is 17.5 Å². The molecule has 4 rings (SSSR count). The zero-order valence-corrected chi connectivity index (χ0v) is 12.3. The molecular weight excluding hydrogens is 292 g/mol. The van der Waals surface area contributed by atoms with Gasteiger partial charge in [0.2, 0.25) is 0 Å². The molecule has 7 nitrogen and oxygen atoms in total. The van der Waals surface area contributed by atoms with Gasteiger partial charge in [0, 0.05) is 37.1 Å². The van der Waals surface area contributed by atoms with Crippen LogP contribution < -0.4 is 0 Å². The van der Waals surface area contributed by atoms with Crippen LogP contribution >= 0.6 is 0 Å². The van der Waals surface area contributed by atoms with E-state index >= 15 is 0 Å². The van der Waals surface area contributed by atoms with Gasteiger partial charge in [0.1, 0.15) is 11.7 Å². The Morgan fingerprint density at radius 3 is 3.22 bits per heavy atom. The Balaban J connectivity index is 1.55. The van der Waals surface area contributed by atoms with Crippen molar-refractivity contribution in [1.82, 2.24) is 24.6 Å². The molecular formula is C16H14N6O. The van der Waals surface area contributed by atoms with Crippen molar-refractivity contribution in [3.8, 4) is 6.07 Å². The normalized spacial score (nSPS) is 17.5. The third-order valence-electron chi connectivity index (χ3n) is 4.24. The SMILES string of the molecule is N#Cc1cnn(C2CCN(C(=O)c3c[nH]c4ncccc34)C2)c1. The maximum atomic E-state index is 12.8. The number of carbonyl (C=O) groups is 1. The maximum absolute atomic E-state index is 12.8. The van der Waals surface area contributed by atoms with E-state index in [1.165, 1.54) is 0 Å². The molecule has 1 aliphatic heterocycles. The molecule has 114 valence electrons. The van der Waals surface area contributed by atoms with E-state index in [-0.39, 0.29) is 11.9 Å². The molecule has 1 unspecified atom stereocenters. The van der Waals surface area contributed by atoms with Crippen LogP contribution in [0.2, 0.25) is 0 Å². The predicted molar refractivity (Wildman–Crippen MR) is 82.6 cm³/mol. The lowest BCUT2D eigenvalue weighted by molar-refractivity contribution is 0.0789. The van der Waals surface area contributed by atoms with Crippen LogP contribution in [0.15, 0.2) is 36.9 Å². The zero-order valence-electron chi connectivity index (χ0n) is 12.3. The van der Waals surface area contributed by atoms with Crippen LogP contribution in [0.3, 0.4) is 0 Å². The second-order valence-electron chi connectivity index (χ2n) is 5.62. The van der Waals surface area contributed by atoms with Crippen molar-refractivity contribution in [2.45, 2.75) is 12.5 Å². The van der Waals surface area contributed by atoms with Crippen LogP contribution in [0.25, 0.3) is 11.0 Å². The molecule has 23 heavy (non-hydrogen) atoms. The molecule has 1 fully saturated rings. The third kappa shape index (κ3) is 2.25. The van der Waals surface area contributed by atoms with Crippen molar-refractivity contribution in [3.63, 3.8) is 0 Å². The molecule has 0 saturated carbocycles. The number of fused-ring (bicyclic) bond motifs is 1. The minimum absolute atomic E-state index is 0.000544. The van der Waals surface area contributed by atoms with Gasteiger partial charge in [-0.25, -0.2) is 4.98 Å². The number of aromatic nitrogens is 4. The lowest BCUT2D eigenvalue weighted by Crippen LogP contribution is -2.29. The second kappa shape index (κ2) is 5.25. The van der Waals surface area contributed by atoms with Crippen molar-refractivity contribution in [2.75, 3.05) is 13.1 Å². The third-order valence-corrected chi connectivity index (χ3v) is 4.24. The van der Waals surface area contributed by atoms with E-state index in [9.17, 15) is 4.79 Å². The molecule has 1 N–H and O–H groups in total. The minimum Gasteiger partial charge on any atom is -0.345 e. The molecule has 0 bridgehead atoms. The summed E-state index contributed by atoms with van der Waals surface area (Å²) in [5.41, 5.74) is 1.90. The number of hydrogen-bond acceptors (Lipinski definition) is 4. The quantitative estimate of drug-likeness (QED) is 0.780. The van der Waals surface area contributed by atoms with Gasteiger partial charge < -0.3 is 9.88 Å². The molecule has 3 aromatic heterocycles. The standard InChI is InChI=1S/C16H14N6O/c17-6-11-7-20-22(9-11)12-3-5-21(10-12)16(23)14-8-19-15-13(14)2-1-4-18-15/h1-2,4,7-9,12H,3,5,10H2,(H,18,19). The summed E-state index contributed by atoms with van der Waals surface area (Å²) in [6.45, 7) is 1.27. The Morgan fingerprint density at radius 2 is 2.39 bits per heavy atom. The summed E-state index contributed by atoms with van der Waals surface area (Å²) in [6, 6.07) is 5.91. The maximum Gasteiger partial charge on any atom is 0.256 e. The minimum atomic E-state index is -0.000544. The monoisotopic (exact) mass is 306 g/mol. The summed E-state index contributed by atoms with van der Waals surface area (Å²) < 4.78 is 1.78. The highest BCUT2D eigenvalue weighted by Gasteiger charge is 2.29. The first-order chi connectivity index (χ1) is 11.3. The zero-order chi connectivity index (χ0) is 15.8. The van der Waals surface area contributed by atoms with Gasteiger partial charge in [-0.1, -0.05) is 0 Å². The van der Waals surface area contributed by atoms with Gasteiger partial charge >= 0.3 is 0 Å². The molecule has 1 aliphatic rings. The number of carbonyl (C=O) groups excluding carboxylic acids is 1. The summed E-state index contributed by atoms with van der Waals surface area (Å²) in [5.74, 6) is -0.000544. The largest absolute Gasteiger partial charge is 0.345 e. The van der Waals surface area contributed by atoms with Crippen LogP contribution in [0.5, 0.6) is 0 Å². The Bertz CT molecular complexity index is 918. The second-order valence-corrected chi connectivity index (χ2v) is 5.62. The highest BCUT2D eigenvalue weighted by atomic mass is 16.2. The van der Waals surface area contributed by atoms with Crippen molar-refractivity contribution in [1.29, 1.82) is 5.26 Å². The first-order valence-corrected chi connectivity index (χ1v) is 7.42. The first kappa shape index (κ1) is 13.5. The van der Waals surface area contributed by atoms with Gasteiger partial charge in [-0.3, -0.25) is 9.48 Å². The Labute approximate surface area is 132 Å². The predicted octanol–water partition coefficient (Wildman–Crippen LogP) is 1.72. The number of likely N-dealkylation sites (tertiary alicyclic amines) is 1. The van der Waals surface area contributed by atoms with Crippen LogP contribution in [0.4, 0.5) is 0 Å². The molecule has 0 aromatic carbocycles. The smallest absolute Gasteiger partial charge is 0.256 e. The summed E-state index contributed by atoms with van der Waals surface area (Å²) in [6.07, 6.45) is 7.53. The Hall–Kier alpha value is -3.14. The molecule has 1 atom stereocenters. The summed E-state index contributed by atoms with van der Waals surface area (Å²) >= 11 is 0. The molecule has 3 aromatic rings. The summed E-state index contributed by atoms with van der Waals surface area (Å²) in [5, 5.41) is 13.9. The van der Waals surface area contributed by atoms with E-state index in [2.05, 4.69) is 21.1 Å². The van der Waals surface area contributed by atoms with E-state index in [4.69, 9.17) is 5.26 Å². The number of nitrogens with zero attached hydrogens (tertiary/aromatic N) is 5. The number of H-pyrrole nitrogens is 1. The lowest BCUT2D eigenvalue weighted by atomic mass is 10.2. The average Bonchev–Trinajstić information content (AvgIpc) is 3.31. The van der Waals surface area contributed by atoms with Gasteiger partial charge in [0.25, 0.3) is 5.91 Å². The van der Waals surface area contributed by atoms with Gasteiger partial charge in [-0.15, -0.1) is 0 Å². The average molecular weight is 306 g/mol. The highest BCUT2D eigenvalue weighted by Crippen LogP contribution is 2.25. The molecule has 0 radical (unpaired) electrons. The number of aromatic amines is 1. The fourth-order valence-corrected chi connectivity index (χ4v) is 3.04. The molecule has 1 amide bonds. The van der Waals surface area contributed by atoms with E-state index in [0.29, 0.717) is 24.2 Å². The fourth-order valence-electron chi connectivity index (χ4n) is 3.04. The van der Waals surface area contributed by atoms with Crippen molar-refractivity contribution < 1.29 is 4.79 Å². The summed E-state index contributed by atoms with van der Waals surface area (Å²) in [4.78, 5) is 21.8. The Kier molecular flexibility index (Phi) is 3.08. The molecule has 1 saturated heterocycles. The van der Waals surface area contributed by atoms with Gasteiger partial charge in [-0.05, 0) is 18.6 Å². The number of rotatable bonds is 2. The van der Waals surface area contributed by atoms with Crippen LogP contribution in [-0.4, -0.2) is 43.6 Å². The number of amides is 1. The van der Waals surface area contributed by atoms with E-state index in [1.54, 1.807) is 29.5 Å². The number of nitriles is 1. The van der Waals surface area contributed by atoms with E-state index in [1.807, 2.05) is 17.0 Å². The molecule has 0 spiro atoms. The van der Waals surface area contributed by atoms with Gasteiger partial charge in [0.15, 0.2) is 0 Å². The topological polar surface area (TPSA) is 90.6 Å². The van der Waals surface area contributed by atoms with Crippen molar-refractivity contribution in [2.24, 2.45) is 0 Å². The number of hydrogen-bond donors (Lipinski definition) is 1. The molecule has 7 heteroatoms. The van der Waals surface area contributed by atoms with Gasteiger partial charge in [-0.2, -0.15) is 10.4 Å². The van der Waals surface area contributed by atoms with E-state index < -0.39 is 0 Å². The van der Waals surface area contributed by atoms with Gasteiger partial charge in [0.05, 0.1) is 23.4 Å². The Morgan fingerprint density at radius 1 is 1.48 bits per heavy atom. The number of pyridine rings is 1. The lowest BCUT2D eigenvalue weighted by Gasteiger charge is -2.16. The van der Waals surface area contributed by atoms with Crippen LogP contribution in [-0.2, 0) is 0 Å². The molecule has 4 heterocycles.